The second-order valence-corrected chi connectivity index (χ2v) is 3.39. The van der Waals surface area contributed by atoms with Crippen LogP contribution >= 0.6 is 0 Å². The molecule has 18 heavy (non-hydrogen) atoms. The van der Waals surface area contributed by atoms with E-state index < -0.39 is 34.9 Å². The summed E-state index contributed by atoms with van der Waals surface area (Å²) in [6, 6.07) is 7.04. The van der Waals surface area contributed by atoms with E-state index in [9.17, 15) is 22.4 Å². The van der Waals surface area contributed by atoms with Gasteiger partial charge in [0.1, 0.15) is 5.56 Å². The molecule has 2 rings (SSSR count). The van der Waals surface area contributed by atoms with Crippen molar-refractivity contribution in [3.63, 3.8) is 0 Å². The van der Waals surface area contributed by atoms with Gasteiger partial charge in [0.25, 0.3) is 11.9 Å². The van der Waals surface area contributed by atoms with Gasteiger partial charge >= 0.3 is 0 Å². The standard InChI is InChI=1S/C12H5F4NO/c13-8-7(9(14)12(16)17-11(8)15)10(18)6-4-2-1-3-5-6/h1-5H. The van der Waals surface area contributed by atoms with E-state index in [2.05, 4.69) is 4.98 Å². The van der Waals surface area contributed by atoms with Gasteiger partial charge < -0.3 is 0 Å². The van der Waals surface area contributed by atoms with Crippen LogP contribution in [0.4, 0.5) is 17.6 Å². The van der Waals surface area contributed by atoms with Crippen molar-refractivity contribution >= 4 is 5.78 Å². The summed E-state index contributed by atoms with van der Waals surface area (Å²) in [5.74, 6) is -8.46. The van der Waals surface area contributed by atoms with Crippen LogP contribution in [-0.2, 0) is 0 Å². The van der Waals surface area contributed by atoms with Gasteiger partial charge in [0.05, 0.1) is 0 Å². The van der Waals surface area contributed by atoms with E-state index in [1.807, 2.05) is 0 Å². The van der Waals surface area contributed by atoms with E-state index in [4.69, 9.17) is 0 Å². The molecule has 0 bridgehead atoms. The van der Waals surface area contributed by atoms with Crippen molar-refractivity contribution in [2.24, 2.45) is 0 Å². The summed E-state index contributed by atoms with van der Waals surface area (Å²) < 4.78 is 52.3. The maximum absolute atomic E-state index is 13.3. The maximum atomic E-state index is 13.3. The summed E-state index contributed by atoms with van der Waals surface area (Å²) in [5.41, 5.74) is -1.37. The number of rotatable bonds is 2. The van der Waals surface area contributed by atoms with Crippen molar-refractivity contribution in [3.05, 3.63) is 65.0 Å². The molecule has 1 heterocycles. The summed E-state index contributed by atoms with van der Waals surface area (Å²) in [6.07, 6.45) is 0. The van der Waals surface area contributed by atoms with Crippen LogP contribution in [0.25, 0.3) is 0 Å². The van der Waals surface area contributed by atoms with E-state index in [1.54, 1.807) is 6.07 Å². The molecule has 2 aromatic rings. The monoisotopic (exact) mass is 255 g/mol. The van der Waals surface area contributed by atoms with Crippen LogP contribution in [0.5, 0.6) is 0 Å². The Morgan fingerprint density at radius 2 is 1.39 bits per heavy atom. The highest BCUT2D eigenvalue weighted by Crippen LogP contribution is 2.20. The number of halogens is 4. The highest BCUT2D eigenvalue weighted by Gasteiger charge is 2.26. The number of benzene rings is 1. The van der Waals surface area contributed by atoms with Crippen LogP contribution in [0.15, 0.2) is 30.3 Å². The SMILES string of the molecule is O=C(c1ccccc1)c1c(F)c(F)nc(F)c1F. The maximum Gasteiger partial charge on any atom is 0.252 e. The van der Waals surface area contributed by atoms with Gasteiger partial charge in [-0.25, -0.2) is 8.78 Å². The Morgan fingerprint density at radius 3 is 1.89 bits per heavy atom. The zero-order valence-electron chi connectivity index (χ0n) is 8.75. The fourth-order valence-electron chi connectivity index (χ4n) is 1.42. The first-order valence-corrected chi connectivity index (χ1v) is 4.82. The minimum atomic E-state index is -1.85. The third-order valence-electron chi connectivity index (χ3n) is 2.26. The summed E-state index contributed by atoms with van der Waals surface area (Å²) in [7, 11) is 0. The molecule has 0 aliphatic carbocycles. The smallest absolute Gasteiger partial charge is 0.252 e. The van der Waals surface area contributed by atoms with Crippen LogP contribution in [0.2, 0.25) is 0 Å². The number of pyridine rings is 1. The number of aromatic nitrogens is 1. The molecule has 0 aliphatic heterocycles. The number of hydrogen-bond acceptors (Lipinski definition) is 2. The second kappa shape index (κ2) is 4.56. The Balaban J connectivity index is 2.62. The van der Waals surface area contributed by atoms with Crippen LogP contribution in [0.1, 0.15) is 15.9 Å². The highest BCUT2D eigenvalue weighted by atomic mass is 19.2. The van der Waals surface area contributed by atoms with Gasteiger partial charge in [-0.15, -0.1) is 0 Å². The molecule has 2 nitrogen and oxygen atoms in total. The number of nitrogens with zero attached hydrogens (tertiary/aromatic N) is 1. The Labute approximate surface area is 98.9 Å². The average molecular weight is 255 g/mol. The molecule has 0 amide bonds. The van der Waals surface area contributed by atoms with Crippen LogP contribution in [0, 0.1) is 23.5 Å². The normalized spacial score (nSPS) is 10.4. The molecule has 0 saturated carbocycles. The quantitative estimate of drug-likeness (QED) is 0.469. The summed E-state index contributed by atoms with van der Waals surface area (Å²) >= 11 is 0. The van der Waals surface area contributed by atoms with Crippen molar-refractivity contribution in [2.45, 2.75) is 0 Å². The van der Waals surface area contributed by atoms with Crippen molar-refractivity contribution < 1.29 is 22.4 Å². The van der Waals surface area contributed by atoms with E-state index in [1.165, 1.54) is 24.3 Å². The summed E-state index contributed by atoms with van der Waals surface area (Å²) in [6.45, 7) is 0. The lowest BCUT2D eigenvalue weighted by Gasteiger charge is -2.05. The number of hydrogen-bond donors (Lipinski definition) is 0. The lowest BCUT2D eigenvalue weighted by Crippen LogP contribution is -2.13. The minimum absolute atomic E-state index is 0.0831. The van der Waals surface area contributed by atoms with Gasteiger partial charge in [-0.2, -0.15) is 13.8 Å². The zero-order chi connectivity index (χ0) is 13.3. The number of carbonyl (C=O) groups excluding carboxylic acids is 1. The fourth-order valence-corrected chi connectivity index (χ4v) is 1.42. The van der Waals surface area contributed by atoms with Gasteiger partial charge in [-0.3, -0.25) is 4.79 Å². The molecule has 0 atom stereocenters. The molecule has 0 radical (unpaired) electrons. The summed E-state index contributed by atoms with van der Waals surface area (Å²) in [5, 5.41) is 0. The largest absolute Gasteiger partial charge is 0.288 e. The molecule has 1 aromatic heterocycles. The molecule has 6 heteroatoms. The van der Waals surface area contributed by atoms with E-state index >= 15 is 0 Å². The van der Waals surface area contributed by atoms with E-state index in [0.717, 1.165) is 0 Å². The molecule has 0 aliphatic rings. The minimum Gasteiger partial charge on any atom is -0.288 e. The molecule has 0 saturated heterocycles. The lowest BCUT2D eigenvalue weighted by atomic mass is 10.0. The molecular weight excluding hydrogens is 250 g/mol. The Kier molecular flexibility index (Phi) is 3.10. The number of carbonyl (C=O) groups is 1. The first kappa shape index (κ1) is 12.2. The Bertz CT molecular complexity index is 587. The number of ketones is 1. The van der Waals surface area contributed by atoms with Crippen LogP contribution in [0.3, 0.4) is 0 Å². The van der Waals surface area contributed by atoms with Gasteiger partial charge in [-0.05, 0) is 0 Å². The predicted molar refractivity (Wildman–Crippen MR) is 53.9 cm³/mol. The molecule has 0 unspecified atom stereocenters. The average Bonchev–Trinajstić information content (AvgIpc) is 2.37. The second-order valence-electron chi connectivity index (χ2n) is 3.39. The van der Waals surface area contributed by atoms with Gasteiger partial charge in [0.2, 0.25) is 0 Å². The summed E-state index contributed by atoms with van der Waals surface area (Å²) in [4.78, 5) is 14.1. The first-order chi connectivity index (χ1) is 8.52. The van der Waals surface area contributed by atoms with Crippen molar-refractivity contribution in [1.82, 2.24) is 4.98 Å². The first-order valence-electron chi connectivity index (χ1n) is 4.82. The third-order valence-corrected chi connectivity index (χ3v) is 2.26. The van der Waals surface area contributed by atoms with Gasteiger partial charge in [0, 0.05) is 5.56 Å². The Hall–Kier alpha value is -2.24. The fraction of sp³-hybridized carbons (Fsp3) is 0. The Morgan fingerprint density at radius 1 is 0.889 bits per heavy atom. The van der Waals surface area contributed by atoms with Crippen LogP contribution in [-0.4, -0.2) is 10.8 Å². The molecule has 0 spiro atoms. The molecular formula is C12H5F4NO. The molecule has 0 N–H and O–H groups in total. The zero-order valence-corrected chi connectivity index (χ0v) is 8.75. The van der Waals surface area contributed by atoms with Gasteiger partial charge in [-0.1, -0.05) is 30.3 Å². The van der Waals surface area contributed by atoms with Crippen molar-refractivity contribution in [1.29, 1.82) is 0 Å². The van der Waals surface area contributed by atoms with Crippen molar-refractivity contribution in [3.8, 4) is 0 Å². The molecule has 92 valence electrons. The topological polar surface area (TPSA) is 30.0 Å². The van der Waals surface area contributed by atoms with Crippen molar-refractivity contribution in [2.75, 3.05) is 0 Å². The third kappa shape index (κ3) is 1.97. The molecule has 1 aromatic carbocycles. The molecule has 0 fully saturated rings. The lowest BCUT2D eigenvalue weighted by molar-refractivity contribution is 0.102. The highest BCUT2D eigenvalue weighted by molar-refractivity contribution is 6.09. The van der Waals surface area contributed by atoms with Gasteiger partial charge in [0.15, 0.2) is 17.4 Å². The van der Waals surface area contributed by atoms with Crippen LogP contribution < -0.4 is 0 Å². The van der Waals surface area contributed by atoms with E-state index in [0.29, 0.717) is 0 Å². The predicted octanol–water partition coefficient (Wildman–Crippen LogP) is 2.87. The van der Waals surface area contributed by atoms with E-state index in [-0.39, 0.29) is 5.56 Å².